The molecule has 2 aromatic rings. The molecule has 90 valence electrons. The molecule has 0 bridgehead atoms. The number of aryl methyl sites for hydroxylation is 1. The maximum atomic E-state index is 8.88. The van der Waals surface area contributed by atoms with Gasteiger partial charge < -0.3 is 5.32 Å². The van der Waals surface area contributed by atoms with Gasteiger partial charge in [0, 0.05) is 12.7 Å². The lowest BCUT2D eigenvalue weighted by molar-refractivity contribution is 1.09. The van der Waals surface area contributed by atoms with Crippen molar-refractivity contribution in [2.45, 2.75) is 13.5 Å². The zero-order chi connectivity index (χ0) is 13.0. The van der Waals surface area contributed by atoms with Crippen LogP contribution in [0.2, 0.25) is 5.02 Å². The van der Waals surface area contributed by atoms with Crippen molar-refractivity contribution < 1.29 is 0 Å². The number of pyridine rings is 1. The number of hydrogen-bond donors (Lipinski definition) is 1. The van der Waals surface area contributed by atoms with Crippen LogP contribution in [0.3, 0.4) is 0 Å². The van der Waals surface area contributed by atoms with Crippen LogP contribution in [-0.2, 0) is 6.54 Å². The molecule has 1 heterocycles. The highest BCUT2D eigenvalue weighted by Crippen LogP contribution is 2.23. The van der Waals surface area contributed by atoms with E-state index < -0.39 is 0 Å². The van der Waals surface area contributed by atoms with E-state index in [-0.39, 0.29) is 0 Å². The molecule has 0 saturated carbocycles. The van der Waals surface area contributed by atoms with Gasteiger partial charge in [0.15, 0.2) is 0 Å². The first-order valence-electron chi connectivity index (χ1n) is 5.55. The third kappa shape index (κ3) is 2.61. The van der Waals surface area contributed by atoms with Gasteiger partial charge in [0.1, 0.15) is 16.9 Å². The first kappa shape index (κ1) is 12.4. The monoisotopic (exact) mass is 257 g/mol. The van der Waals surface area contributed by atoms with Crippen LogP contribution in [0.15, 0.2) is 36.5 Å². The van der Waals surface area contributed by atoms with Crippen molar-refractivity contribution in [2.24, 2.45) is 0 Å². The van der Waals surface area contributed by atoms with Crippen LogP contribution in [0.25, 0.3) is 0 Å². The first-order valence-corrected chi connectivity index (χ1v) is 5.93. The molecular formula is C14H12ClN3. The van der Waals surface area contributed by atoms with E-state index in [4.69, 9.17) is 16.9 Å². The molecule has 0 aliphatic carbocycles. The normalized spacial score (nSPS) is 9.83. The minimum Gasteiger partial charge on any atom is -0.365 e. The van der Waals surface area contributed by atoms with Gasteiger partial charge in [0.05, 0.1) is 5.56 Å². The molecule has 1 aromatic carbocycles. The highest BCUT2D eigenvalue weighted by atomic mass is 35.5. The van der Waals surface area contributed by atoms with Crippen molar-refractivity contribution in [2.75, 3.05) is 5.32 Å². The molecule has 0 atom stereocenters. The Hall–Kier alpha value is -2.05. The fraction of sp³-hybridized carbons (Fsp3) is 0.143. The van der Waals surface area contributed by atoms with E-state index in [0.717, 1.165) is 0 Å². The van der Waals surface area contributed by atoms with Crippen molar-refractivity contribution in [3.8, 4) is 6.07 Å². The van der Waals surface area contributed by atoms with Crippen molar-refractivity contribution in [3.63, 3.8) is 0 Å². The van der Waals surface area contributed by atoms with E-state index in [0.29, 0.717) is 22.9 Å². The van der Waals surface area contributed by atoms with Gasteiger partial charge in [0.25, 0.3) is 0 Å². The zero-order valence-corrected chi connectivity index (χ0v) is 10.7. The first-order chi connectivity index (χ1) is 8.72. The predicted molar refractivity (Wildman–Crippen MR) is 72.5 cm³/mol. The van der Waals surface area contributed by atoms with Gasteiger partial charge in [-0.25, -0.2) is 4.98 Å². The largest absolute Gasteiger partial charge is 0.365 e. The Labute approximate surface area is 111 Å². The van der Waals surface area contributed by atoms with Crippen LogP contribution < -0.4 is 5.32 Å². The lowest BCUT2D eigenvalue weighted by atomic mass is 10.1. The van der Waals surface area contributed by atoms with Crippen LogP contribution in [-0.4, -0.2) is 4.98 Å². The van der Waals surface area contributed by atoms with Crippen molar-refractivity contribution in [3.05, 3.63) is 58.2 Å². The average Bonchev–Trinajstić information content (AvgIpc) is 2.39. The molecule has 0 fully saturated rings. The van der Waals surface area contributed by atoms with Crippen LogP contribution in [0.1, 0.15) is 16.7 Å². The Morgan fingerprint density at radius 1 is 1.33 bits per heavy atom. The molecule has 4 heteroatoms. The Bertz CT molecular complexity index is 602. The average molecular weight is 258 g/mol. The standard InChI is InChI=1S/C14H12ClN3/c1-10-4-2-3-5-12(10)9-18-14-13(15)11(8-16)6-7-17-14/h2-7H,9H2,1H3,(H,17,18). The van der Waals surface area contributed by atoms with Crippen LogP contribution in [0, 0.1) is 18.3 Å². The summed E-state index contributed by atoms with van der Waals surface area (Å²) < 4.78 is 0. The van der Waals surface area contributed by atoms with Gasteiger partial charge in [0.2, 0.25) is 0 Å². The van der Waals surface area contributed by atoms with Crippen LogP contribution in [0.5, 0.6) is 0 Å². The molecule has 0 unspecified atom stereocenters. The second-order valence-electron chi connectivity index (χ2n) is 3.91. The number of aromatic nitrogens is 1. The fourth-order valence-corrected chi connectivity index (χ4v) is 1.86. The molecule has 18 heavy (non-hydrogen) atoms. The van der Waals surface area contributed by atoms with Crippen molar-refractivity contribution in [1.29, 1.82) is 5.26 Å². The Kier molecular flexibility index (Phi) is 3.81. The molecule has 1 N–H and O–H groups in total. The Balaban J connectivity index is 2.17. The quantitative estimate of drug-likeness (QED) is 0.915. The molecule has 0 aliphatic heterocycles. The third-order valence-corrected chi connectivity index (χ3v) is 3.10. The Morgan fingerprint density at radius 3 is 2.83 bits per heavy atom. The molecule has 0 spiro atoms. The van der Waals surface area contributed by atoms with Crippen molar-refractivity contribution >= 4 is 17.4 Å². The van der Waals surface area contributed by atoms with Gasteiger partial charge in [-0.3, -0.25) is 0 Å². The zero-order valence-electron chi connectivity index (χ0n) is 9.94. The SMILES string of the molecule is Cc1ccccc1CNc1nccc(C#N)c1Cl. The summed E-state index contributed by atoms with van der Waals surface area (Å²) in [7, 11) is 0. The fourth-order valence-electron chi connectivity index (χ4n) is 1.64. The summed E-state index contributed by atoms with van der Waals surface area (Å²) in [6, 6.07) is 11.7. The second-order valence-corrected chi connectivity index (χ2v) is 4.29. The molecule has 0 amide bonds. The van der Waals surface area contributed by atoms with Gasteiger partial charge >= 0.3 is 0 Å². The molecule has 0 radical (unpaired) electrons. The van der Waals surface area contributed by atoms with E-state index >= 15 is 0 Å². The summed E-state index contributed by atoms with van der Waals surface area (Å²) in [4.78, 5) is 4.14. The van der Waals surface area contributed by atoms with Crippen LogP contribution >= 0.6 is 11.6 Å². The number of nitriles is 1. The number of rotatable bonds is 3. The number of hydrogen-bond acceptors (Lipinski definition) is 3. The summed E-state index contributed by atoms with van der Waals surface area (Å²) in [6.07, 6.45) is 1.57. The van der Waals surface area contributed by atoms with Crippen LogP contribution in [0.4, 0.5) is 5.82 Å². The molecule has 0 saturated heterocycles. The Morgan fingerprint density at radius 2 is 2.11 bits per heavy atom. The van der Waals surface area contributed by atoms with Gasteiger partial charge in [-0.2, -0.15) is 5.26 Å². The summed E-state index contributed by atoms with van der Waals surface area (Å²) in [5.41, 5.74) is 2.81. The maximum Gasteiger partial charge on any atom is 0.146 e. The lowest BCUT2D eigenvalue weighted by Crippen LogP contribution is -2.03. The number of nitrogens with one attached hydrogen (secondary N) is 1. The smallest absolute Gasteiger partial charge is 0.146 e. The highest BCUT2D eigenvalue weighted by molar-refractivity contribution is 6.34. The molecule has 0 aliphatic rings. The number of anilines is 1. The molecule has 1 aromatic heterocycles. The second kappa shape index (κ2) is 5.52. The van der Waals surface area contributed by atoms with Gasteiger partial charge in [-0.05, 0) is 24.1 Å². The third-order valence-electron chi connectivity index (χ3n) is 2.72. The number of benzene rings is 1. The highest BCUT2D eigenvalue weighted by Gasteiger charge is 2.07. The minimum atomic E-state index is 0.369. The molecule has 3 nitrogen and oxygen atoms in total. The molecule has 2 rings (SSSR count). The number of nitrogens with zero attached hydrogens (tertiary/aromatic N) is 2. The summed E-state index contributed by atoms with van der Waals surface area (Å²) in [5.74, 6) is 0.541. The predicted octanol–water partition coefficient (Wildman–Crippen LogP) is 3.53. The maximum absolute atomic E-state index is 8.88. The topological polar surface area (TPSA) is 48.7 Å². The van der Waals surface area contributed by atoms with E-state index in [1.807, 2.05) is 24.3 Å². The van der Waals surface area contributed by atoms with Gasteiger partial charge in [-0.1, -0.05) is 35.9 Å². The van der Waals surface area contributed by atoms with E-state index in [1.165, 1.54) is 11.1 Å². The summed E-state index contributed by atoms with van der Waals surface area (Å²) in [5, 5.41) is 12.4. The van der Waals surface area contributed by atoms with E-state index in [2.05, 4.69) is 23.3 Å². The van der Waals surface area contributed by atoms with Gasteiger partial charge in [-0.15, -0.1) is 0 Å². The lowest BCUT2D eigenvalue weighted by Gasteiger charge is -2.09. The minimum absolute atomic E-state index is 0.369. The summed E-state index contributed by atoms with van der Waals surface area (Å²) >= 11 is 6.07. The number of halogens is 1. The van der Waals surface area contributed by atoms with Crippen molar-refractivity contribution in [1.82, 2.24) is 4.98 Å². The van der Waals surface area contributed by atoms with E-state index in [9.17, 15) is 0 Å². The molecular weight excluding hydrogens is 246 g/mol. The summed E-state index contributed by atoms with van der Waals surface area (Å²) in [6.45, 7) is 2.69. The van der Waals surface area contributed by atoms with E-state index in [1.54, 1.807) is 12.3 Å².